The van der Waals surface area contributed by atoms with Crippen LogP contribution in [0.15, 0.2) is 40.8 Å². The molecule has 0 radical (unpaired) electrons. The van der Waals surface area contributed by atoms with Gasteiger partial charge in [-0.3, -0.25) is 4.79 Å². The van der Waals surface area contributed by atoms with Crippen molar-refractivity contribution in [2.75, 3.05) is 26.2 Å². The fraction of sp³-hybridized carbons (Fsp3) is 0.522. The topological polar surface area (TPSA) is 54.7 Å². The molecule has 0 aliphatic heterocycles. The molecule has 0 spiro atoms. The first-order valence-corrected chi connectivity index (χ1v) is 10.2. The molecule has 1 heterocycles. The Morgan fingerprint density at radius 2 is 1.75 bits per heavy atom. The van der Waals surface area contributed by atoms with Crippen LogP contribution >= 0.6 is 0 Å². The van der Waals surface area contributed by atoms with Gasteiger partial charge in [-0.05, 0) is 61.3 Å². The van der Waals surface area contributed by atoms with E-state index in [1.165, 1.54) is 5.56 Å². The van der Waals surface area contributed by atoms with Crippen molar-refractivity contribution in [1.29, 1.82) is 0 Å². The molecule has 2 rings (SSSR count). The Balaban J connectivity index is 1.78. The van der Waals surface area contributed by atoms with Crippen LogP contribution in [0.2, 0.25) is 0 Å². The SMILES string of the molecule is CCN(CC)CCCNC(=O)c1ccc(COc2ccc(C(C)(C)C)cc2)o1. The lowest BCUT2D eigenvalue weighted by Crippen LogP contribution is -2.29. The second kappa shape index (κ2) is 10.3. The van der Waals surface area contributed by atoms with E-state index in [4.69, 9.17) is 9.15 Å². The van der Waals surface area contributed by atoms with Gasteiger partial charge in [0, 0.05) is 6.54 Å². The molecule has 1 N–H and O–H groups in total. The standard InChI is InChI=1S/C23H34N2O3/c1-6-25(7-2)16-8-15-24-22(26)21-14-13-20(28-21)17-27-19-11-9-18(10-12-19)23(3,4)5/h9-14H,6-8,15-17H2,1-5H3,(H,24,26). The van der Waals surface area contributed by atoms with Crippen LogP contribution < -0.4 is 10.1 Å². The average Bonchev–Trinajstić information content (AvgIpc) is 3.15. The van der Waals surface area contributed by atoms with Crippen molar-refractivity contribution in [2.45, 2.75) is 53.1 Å². The number of hydrogen-bond acceptors (Lipinski definition) is 4. The van der Waals surface area contributed by atoms with Gasteiger partial charge < -0.3 is 19.4 Å². The molecule has 5 heteroatoms. The lowest BCUT2D eigenvalue weighted by atomic mass is 9.87. The summed E-state index contributed by atoms with van der Waals surface area (Å²) >= 11 is 0. The number of nitrogens with zero attached hydrogens (tertiary/aromatic N) is 1. The van der Waals surface area contributed by atoms with Gasteiger partial charge in [-0.15, -0.1) is 0 Å². The third kappa shape index (κ3) is 6.71. The molecule has 0 atom stereocenters. The summed E-state index contributed by atoms with van der Waals surface area (Å²) in [4.78, 5) is 14.5. The summed E-state index contributed by atoms with van der Waals surface area (Å²) in [5, 5.41) is 2.91. The first-order valence-electron chi connectivity index (χ1n) is 10.2. The van der Waals surface area contributed by atoms with E-state index in [2.05, 4.69) is 57.0 Å². The van der Waals surface area contributed by atoms with Gasteiger partial charge in [0.2, 0.25) is 0 Å². The second-order valence-electron chi connectivity index (χ2n) is 7.97. The molecule has 5 nitrogen and oxygen atoms in total. The van der Waals surface area contributed by atoms with Gasteiger partial charge in [-0.1, -0.05) is 46.8 Å². The van der Waals surface area contributed by atoms with Gasteiger partial charge in [0.05, 0.1) is 0 Å². The molecule has 2 aromatic rings. The zero-order valence-corrected chi connectivity index (χ0v) is 17.9. The second-order valence-corrected chi connectivity index (χ2v) is 7.97. The first kappa shape index (κ1) is 22.0. The number of rotatable bonds is 10. The van der Waals surface area contributed by atoms with Crippen LogP contribution in [0, 0.1) is 0 Å². The van der Waals surface area contributed by atoms with Gasteiger partial charge >= 0.3 is 0 Å². The summed E-state index contributed by atoms with van der Waals surface area (Å²) in [7, 11) is 0. The quantitative estimate of drug-likeness (QED) is 0.606. The van der Waals surface area contributed by atoms with Gasteiger partial charge in [-0.2, -0.15) is 0 Å². The summed E-state index contributed by atoms with van der Waals surface area (Å²) in [6.07, 6.45) is 0.925. The zero-order valence-electron chi connectivity index (χ0n) is 17.9. The summed E-state index contributed by atoms with van der Waals surface area (Å²) < 4.78 is 11.4. The van der Waals surface area contributed by atoms with Crippen LogP contribution in [0.4, 0.5) is 0 Å². The molecular weight excluding hydrogens is 352 g/mol. The lowest BCUT2D eigenvalue weighted by molar-refractivity contribution is 0.0920. The summed E-state index contributed by atoms with van der Waals surface area (Å²) in [6.45, 7) is 14.8. The van der Waals surface area contributed by atoms with Crippen LogP contribution in [0.25, 0.3) is 0 Å². The Morgan fingerprint density at radius 1 is 1.07 bits per heavy atom. The predicted molar refractivity (Wildman–Crippen MR) is 113 cm³/mol. The minimum absolute atomic E-state index is 0.118. The lowest BCUT2D eigenvalue weighted by Gasteiger charge is -2.19. The average molecular weight is 387 g/mol. The van der Waals surface area contributed by atoms with E-state index in [0.717, 1.165) is 31.8 Å². The molecule has 28 heavy (non-hydrogen) atoms. The number of amides is 1. The van der Waals surface area contributed by atoms with Crippen LogP contribution in [0.1, 0.15) is 62.9 Å². The molecule has 0 bridgehead atoms. The van der Waals surface area contributed by atoms with E-state index < -0.39 is 0 Å². The highest BCUT2D eigenvalue weighted by atomic mass is 16.5. The Kier molecular flexibility index (Phi) is 8.12. The minimum atomic E-state index is -0.180. The molecule has 0 unspecified atom stereocenters. The molecule has 0 aliphatic carbocycles. The Hall–Kier alpha value is -2.27. The molecule has 1 amide bonds. The smallest absolute Gasteiger partial charge is 0.286 e. The van der Waals surface area contributed by atoms with Crippen LogP contribution in [0.5, 0.6) is 5.75 Å². The Bertz CT molecular complexity index is 725. The van der Waals surface area contributed by atoms with Crippen molar-refractivity contribution in [3.8, 4) is 5.75 Å². The monoisotopic (exact) mass is 386 g/mol. The molecule has 0 saturated carbocycles. The summed E-state index contributed by atoms with van der Waals surface area (Å²) in [5.74, 6) is 1.56. The number of hydrogen-bond donors (Lipinski definition) is 1. The predicted octanol–water partition coefficient (Wildman–Crippen LogP) is 4.62. The number of ether oxygens (including phenoxy) is 1. The van der Waals surface area contributed by atoms with Gasteiger partial charge in [-0.25, -0.2) is 0 Å². The Labute approximate surface area is 169 Å². The first-order chi connectivity index (χ1) is 13.3. The highest BCUT2D eigenvalue weighted by Crippen LogP contribution is 2.24. The maximum atomic E-state index is 12.2. The van der Waals surface area contributed by atoms with E-state index >= 15 is 0 Å². The van der Waals surface area contributed by atoms with E-state index in [9.17, 15) is 4.79 Å². The van der Waals surface area contributed by atoms with Crippen LogP contribution in [0.3, 0.4) is 0 Å². The van der Waals surface area contributed by atoms with Gasteiger partial charge in [0.15, 0.2) is 5.76 Å². The van der Waals surface area contributed by atoms with Crippen molar-refractivity contribution >= 4 is 5.91 Å². The summed E-state index contributed by atoms with van der Waals surface area (Å²) in [6, 6.07) is 11.6. The molecule has 1 aromatic carbocycles. The Morgan fingerprint density at radius 3 is 2.36 bits per heavy atom. The molecule has 0 aliphatic rings. The number of carbonyl (C=O) groups is 1. The largest absolute Gasteiger partial charge is 0.486 e. The maximum absolute atomic E-state index is 12.2. The zero-order chi connectivity index (χ0) is 20.6. The highest BCUT2D eigenvalue weighted by Gasteiger charge is 2.14. The van der Waals surface area contributed by atoms with E-state index in [1.807, 2.05) is 12.1 Å². The molecular formula is C23H34N2O3. The highest BCUT2D eigenvalue weighted by molar-refractivity contribution is 5.91. The van der Waals surface area contributed by atoms with E-state index in [1.54, 1.807) is 12.1 Å². The number of nitrogens with one attached hydrogen (secondary N) is 1. The van der Waals surface area contributed by atoms with Gasteiger partial charge in [0.25, 0.3) is 5.91 Å². The van der Waals surface area contributed by atoms with Crippen molar-refractivity contribution in [3.05, 3.63) is 53.5 Å². The number of benzene rings is 1. The maximum Gasteiger partial charge on any atom is 0.286 e. The van der Waals surface area contributed by atoms with E-state index in [-0.39, 0.29) is 11.3 Å². The van der Waals surface area contributed by atoms with Crippen molar-refractivity contribution in [1.82, 2.24) is 10.2 Å². The molecule has 0 fully saturated rings. The third-order valence-corrected chi connectivity index (χ3v) is 4.82. The number of furan rings is 1. The third-order valence-electron chi connectivity index (χ3n) is 4.82. The van der Waals surface area contributed by atoms with E-state index in [0.29, 0.717) is 24.7 Å². The van der Waals surface area contributed by atoms with Crippen molar-refractivity contribution in [3.63, 3.8) is 0 Å². The van der Waals surface area contributed by atoms with Crippen LogP contribution in [-0.2, 0) is 12.0 Å². The minimum Gasteiger partial charge on any atom is -0.486 e. The van der Waals surface area contributed by atoms with Crippen molar-refractivity contribution in [2.24, 2.45) is 0 Å². The molecule has 0 saturated heterocycles. The number of carbonyl (C=O) groups excluding carboxylic acids is 1. The molecule has 154 valence electrons. The summed E-state index contributed by atoms with van der Waals surface area (Å²) in [5.41, 5.74) is 1.38. The fourth-order valence-electron chi connectivity index (χ4n) is 2.91. The fourth-order valence-corrected chi connectivity index (χ4v) is 2.91. The van der Waals surface area contributed by atoms with Crippen LogP contribution in [-0.4, -0.2) is 37.0 Å². The van der Waals surface area contributed by atoms with Gasteiger partial charge in [0.1, 0.15) is 18.1 Å². The normalized spacial score (nSPS) is 11.6. The molecule has 1 aromatic heterocycles. The van der Waals surface area contributed by atoms with Crippen molar-refractivity contribution < 1.29 is 13.9 Å².